The third-order valence-corrected chi connectivity index (χ3v) is 3.18. The van der Waals surface area contributed by atoms with E-state index in [1.165, 1.54) is 5.56 Å². The first kappa shape index (κ1) is 15.6. The zero-order valence-electron chi connectivity index (χ0n) is 12.3. The summed E-state index contributed by atoms with van der Waals surface area (Å²) in [7, 11) is 0. The van der Waals surface area contributed by atoms with Crippen molar-refractivity contribution in [2.45, 2.75) is 33.7 Å². The van der Waals surface area contributed by atoms with E-state index in [0.29, 0.717) is 6.42 Å². The van der Waals surface area contributed by atoms with Gasteiger partial charge in [0.1, 0.15) is 0 Å². The van der Waals surface area contributed by atoms with E-state index < -0.39 is 0 Å². The van der Waals surface area contributed by atoms with Gasteiger partial charge in [0, 0.05) is 51.5 Å². The molecule has 4 heteroatoms. The van der Waals surface area contributed by atoms with Crippen LogP contribution in [0.25, 0.3) is 0 Å². The van der Waals surface area contributed by atoms with E-state index in [4.69, 9.17) is 0 Å². The number of hydrogen-bond acceptors (Lipinski definition) is 3. The summed E-state index contributed by atoms with van der Waals surface area (Å²) in [6.07, 6.45) is 4.27. The number of nitrogens with zero attached hydrogens (tertiary/aromatic N) is 3. The van der Waals surface area contributed by atoms with E-state index in [2.05, 4.69) is 9.88 Å². The van der Waals surface area contributed by atoms with Crippen LogP contribution in [0.1, 0.15) is 32.8 Å². The average Bonchev–Trinajstić information content (AvgIpc) is 2.50. The maximum Gasteiger partial charge on any atom is 0.222 e. The Balaban J connectivity index is 0.000000861. The van der Waals surface area contributed by atoms with Crippen LogP contribution in [-0.2, 0) is 11.3 Å². The largest absolute Gasteiger partial charge is 0.340 e. The number of hydrogen-bond donors (Lipinski definition) is 0. The van der Waals surface area contributed by atoms with Crippen LogP contribution in [0.2, 0.25) is 0 Å². The first-order valence-electron chi connectivity index (χ1n) is 7.18. The smallest absolute Gasteiger partial charge is 0.222 e. The molecule has 0 unspecified atom stereocenters. The van der Waals surface area contributed by atoms with Gasteiger partial charge in [-0.25, -0.2) is 0 Å². The number of rotatable bonds is 3. The molecule has 1 aliphatic rings. The van der Waals surface area contributed by atoms with Crippen molar-refractivity contribution in [2.24, 2.45) is 0 Å². The molecule has 1 aromatic heterocycles. The van der Waals surface area contributed by atoms with Crippen LogP contribution in [-0.4, -0.2) is 46.9 Å². The van der Waals surface area contributed by atoms with Gasteiger partial charge >= 0.3 is 0 Å². The van der Waals surface area contributed by atoms with E-state index in [9.17, 15) is 4.79 Å². The van der Waals surface area contributed by atoms with Gasteiger partial charge in [-0.15, -0.1) is 0 Å². The van der Waals surface area contributed by atoms with Gasteiger partial charge < -0.3 is 4.90 Å². The van der Waals surface area contributed by atoms with Gasteiger partial charge in [-0.05, 0) is 17.7 Å². The Morgan fingerprint density at radius 2 is 1.74 bits per heavy atom. The molecule has 1 amide bonds. The van der Waals surface area contributed by atoms with E-state index >= 15 is 0 Å². The van der Waals surface area contributed by atoms with E-state index in [1.807, 2.05) is 50.2 Å². The van der Waals surface area contributed by atoms with Gasteiger partial charge in [-0.2, -0.15) is 0 Å². The highest BCUT2D eigenvalue weighted by molar-refractivity contribution is 5.75. The second-order valence-electron chi connectivity index (χ2n) is 4.37. The SMILES string of the molecule is CC.CCC(=O)N1CCN(Cc2ccncc2)CC1. The van der Waals surface area contributed by atoms with E-state index in [-0.39, 0.29) is 5.91 Å². The maximum absolute atomic E-state index is 11.5. The monoisotopic (exact) mass is 263 g/mol. The Bertz CT molecular complexity index is 359. The van der Waals surface area contributed by atoms with Crippen molar-refractivity contribution >= 4 is 5.91 Å². The zero-order valence-corrected chi connectivity index (χ0v) is 12.3. The molecule has 0 radical (unpaired) electrons. The van der Waals surface area contributed by atoms with Gasteiger partial charge in [0.2, 0.25) is 5.91 Å². The summed E-state index contributed by atoms with van der Waals surface area (Å²) in [5.74, 6) is 0.272. The van der Waals surface area contributed by atoms with Crippen LogP contribution in [0.4, 0.5) is 0 Å². The van der Waals surface area contributed by atoms with Crippen LogP contribution in [0.15, 0.2) is 24.5 Å². The predicted octanol–water partition coefficient (Wildman–Crippen LogP) is 2.16. The molecule has 0 atom stereocenters. The van der Waals surface area contributed by atoms with Crippen LogP contribution in [0, 0.1) is 0 Å². The molecule has 1 saturated heterocycles. The van der Waals surface area contributed by atoms with Gasteiger partial charge in [-0.3, -0.25) is 14.7 Å². The highest BCUT2D eigenvalue weighted by Crippen LogP contribution is 2.08. The van der Waals surface area contributed by atoms with Gasteiger partial charge in [0.05, 0.1) is 0 Å². The Labute approximate surface area is 116 Å². The van der Waals surface area contributed by atoms with E-state index in [0.717, 1.165) is 32.7 Å². The van der Waals surface area contributed by atoms with Crippen LogP contribution in [0.3, 0.4) is 0 Å². The predicted molar refractivity (Wildman–Crippen MR) is 77.7 cm³/mol. The summed E-state index contributed by atoms with van der Waals surface area (Å²) in [6.45, 7) is 10.5. The molecule has 106 valence electrons. The van der Waals surface area contributed by atoms with Crippen molar-refractivity contribution in [2.75, 3.05) is 26.2 Å². The van der Waals surface area contributed by atoms with Crippen molar-refractivity contribution in [3.05, 3.63) is 30.1 Å². The minimum atomic E-state index is 0.272. The number of carbonyl (C=O) groups is 1. The molecule has 0 saturated carbocycles. The fraction of sp³-hybridized carbons (Fsp3) is 0.600. The van der Waals surface area contributed by atoms with Crippen molar-refractivity contribution < 1.29 is 4.79 Å². The fourth-order valence-corrected chi connectivity index (χ4v) is 2.13. The molecule has 1 aliphatic heterocycles. The fourth-order valence-electron chi connectivity index (χ4n) is 2.13. The molecule has 0 N–H and O–H groups in total. The Morgan fingerprint density at radius 3 is 2.26 bits per heavy atom. The third kappa shape index (κ3) is 4.99. The first-order valence-corrected chi connectivity index (χ1v) is 7.18. The lowest BCUT2D eigenvalue weighted by Gasteiger charge is -2.34. The Morgan fingerprint density at radius 1 is 1.16 bits per heavy atom. The van der Waals surface area contributed by atoms with Crippen molar-refractivity contribution in [3.8, 4) is 0 Å². The Hall–Kier alpha value is -1.42. The number of carbonyl (C=O) groups excluding carboxylic acids is 1. The van der Waals surface area contributed by atoms with Crippen molar-refractivity contribution in [1.29, 1.82) is 0 Å². The lowest BCUT2D eigenvalue weighted by Crippen LogP contribution is -2.48. The van der Waals surface area contributed by atoms with Crippen LogP contribution >= 0.6 is 0 Å². The molecule has 4 nitrogen and oxygen atoms in total. The van der Waals surface area contributed by atoms with Gasteiger partial charge in [0.15, 0.2) is 0 Å². The molecule has 0 aromatic carbocycles. The Kier molecular flexibility index (Phi) is 7.11. The molecule has 2 rings (SSSR count). The summed E-state index contributed by atoms with van der Waals surface area (Å²) in [5, 5.41) is 0. The molecule has 2 heterocycles. The zero-order chi connectivity index (χ0) is 14.1. The summed E-state index contributed by atoms with van der Waals surface area (Å²) in [6, 6.07) is 4.09. The molecule has 0 aliphatic carbocycles. The lowest BCUT2D eigenvalue weighted by molar-refractivity contribution is -0.132. The number of aromatic nitrogens is 1. The second kappa shape index (κ2) is 8.64. The number of piperazine rings is 1. The minimum Gasteiger partial charge on any atom is -0.340 e. The highest BCUT2D eigenvalue weighted by atomic mass is 16.2. The van der Waals surface area contributed by atoms with Crippen molar-refractivity contribution in [3.63, 3.8) is 0 Å². The quantitative estimate of drug-likeness (QED) is 0.838. The second-order valence-corrected chi connectivity index (χ2v) is 4.37. The molecule has 1 aromatic rings. The molecule has 1 fully saturated rings. The summed E-state index contributed by atoms with van der Waals surface area (Å²) < 4.78 is 0. The standard InChI is InChI=1S/C13H19N3O.C2H6/c1-2-13(17)16-9-7-15(8-10-16)11-12-3-5-14-6-4-12;1-2/h3-6H,2,7-11H2,1H3;1-2H3. The molecule has 0 bridgehead atoms. The third-order valence-electron chi connectivity index (χ3n) is 3.18. The van der Waals surface area contributed by atoms with E-state index in [1.54, 1.807) is 0 Å². The highest BCUT2D eigenvalue weighted by Gasteiger charge is 2.19. The summed E-state index contributed by atoms with van der Waals surface area (Å²) in [5.41, 5.74) is 1.29. The minimum absolute atomic E-state index is 0.272. The molecule has 0 spiro atoms. The molecular weight excluding hydrogens is 238 g/mol. The van der Waals surface area contributed by atoms with Crippen molar-refractivity contribution in [1.82, 2.24) is 14.8 Å². The first-order chi connectivity index (χ1) is 9.29. The van der Waals surface area contributed by atoms with Crippen LogP contribution in [0.5, 0.6) is 0 Å². The van der Waals surface area contributed by atoms with Gasteiger partial charge in [0.25, 0.3) is 0 Å². The summed E-state index contributed by atoms with van der Waals surface area (Å²) in [4.78, 5) is 19.9. The maximum atomic E-state index is 11.5. The van der Waals surface area contributed by atoms with Crippen LogP contribution < -0.4 is 0 Å². The topological polar surface area (TPSA) is 36.4 Å². The number of pyridine rings is 1. The average molecular weight is 263 g/mol. The molecular formula is C15H25N3O. The van der Waals surface area contributed by atoms with Gasteiger partial charge in [-0.1, -0.05) is 20.8 Å². The summed E-state index contributed by atoms with van der Waals surface area (Å²) >= 11 is 0. The lowest BCUT2D eigenvalue weighted by atomic mass is 10.2. The number of amides is 1. The normalized spacial score (nSPS) is 15.6. The molecule has 19 heavy (non-hydrogen) atoms.